The third-order valence-electron chi connectivity index (χ3n) is 10.3. The largest absolute Gasteiger partial charge is 0.462 e. The van der Waals surface area contributed by atoms with Gasteiger partial charge in [-0.05, 0) is 87.0 Å². The molecule has 0 bridgehead atoms. The lowest BCUT2D eigenvalue weighted by Gasteiger charge is -2.40. The van der Waals surface area contributed by atoms with Crippen molar-refractivity contribution in [1.29, 1.82) is 0 Å². The number of hydrazone groups is 2. The molecular weight excluding hydrogens is 855 g/mol. The molecule has 12 nitrogen and oxygen atoms in total. The highest BCUT2D eigenvalue weighted by molar-refractivity contribution is 8.06. The molecule has 0 aromatic heterocycles. The molecule has 0 fully saturated rings. The lowest BCUT2D eigenvalue weighted by molar-refractivity contribution is -0.135. The number of nitrogens with zero attached hydrogens (tertiary/aromatic N) is 2. The first-order valence-corrected chi connectivity index (χ1v) is 25.0. The molecule has 6 aromatic carbocycles. The molecule has 0 aliphatic heterocycles. The summed E-state index contributed by atoms with van der Waals surface area (Å²) < 4.78 is 12.0. The number of nitrogens with one attached hydrogen (secondary N) is 4. The van der Waals surface area contributed by atoms with Crippen molar-refractivity contribution in [3.05, 3.63) is 182 Å². The number of carbonyl (C=O) groups is 4. The minimum absolute atomic E-state index is 0.0431. The fourth-order valence-electron chi connectivity index (χ4n) is 7.63. The molecule has 0 heterocycles. The standard InChI is InChI=1S/C51H52N6O6P2/c1-5-62-48(58)46(38(3)54-56-50(60)52-40-25-13-7-14-26-40)64(42-29-17-9-18-30-42,43-31-19-10-20-32-43)37-65(44-33-21-11-22-34-44,45-35-23-12-24-36-45)47(49(59)63-6-2)39(4)55-57-51(61)53-41-27-15-8-16-28-41/h7-36H,5-6,37H2,1-4H3,(H2,52,56,60)(H2,53,57,61)/b54-38+,55-39+. The zero-order chi connectivity index (χ0) is 46.1. The van der Waals surface area contributed by atoms with Crippen molar-refractivity contribution in [2.75, 3.05) is 29.8 Å². The lowest BCUT2D eigenvalue weighted by atomic mass is 10.3. The molecule has 4 N–H and O–H groups in total. The maximum Gasteiger partial charge on any atom is 0.340 e. The second kappa shape index (κ2) is 22.9. The third-order valence-corrected chi connectivity index (χ3v) is 21.0. The molecule has 0 saturated carbocycles. The number of anilines is 2. The smallest absolute Gasteiger partial charge is 0.340 e. The van der Waals surface area contributed by atoms with Gasteiger partial charge in [-0.1, -0.05) is 158 Å². The predicted octanol–water partition coefficient (Wildman–Crippen LogP) is 8.15. The summed E-state index contributed by atoms with van der Waals surface area (Å²) in [7, 11) is 0. The van der Waals surface area contributed by atoms with Crippen molar-refractivity contribution in [3.63, 3.8) is 0 Å². The summed E-state index contributed by atoms with van der Waals surface area (Å²) in [6, 6.07) is 55.4. The Kier molecular flexibility index (Phi) is 16.6. The number of para-hydroxylation sites is 2. The summed E-state index contributed by atoms with van der Waals surface area (Å²) in [5.41, 5.74) is 6.75. The van der Waals surface area contributed by atoms with Gasteiger partial charge in [0.25, 0.3) is 0 Å². The van der Waals surface area contributed by atoms with E-state index in [1.165, 1.54) is 0 Å². The van der Waals surface area contributed by atoms with Gasteiger partial charge in [-0.25, -0.2) is 30.0 Å². The fourth-order valence-corrected chi connectivity index (χ4v) is 20.2. The molecule has 4 amide bonds. The Hall–Kier alpha value is -7.26. The zero-order valence-electron chi connectivity index (χ0n) is 36.7. The number of urea groups is 2. The van der Waals surface area contributed by atoms with Crippen molar-refractivity contribution in [2.45, 2.75) is 27.7 Å². The highest BCUT2D eigenvalue weighted by Crippen LogP contribution is 2.63. The Morgan fingerprint density at radius 3 is 0.954 bits per heavy atom. The normalized spacial score (nSPS) is 11.7. The van der Waals surface area contributed by atoms with Crippen LogP contribution in [0, 0.1) is 0 Å². The van der Waals surface area contributed by atoms with Crippen molar-refractivity contribution in [1.82, 2.24) is 10.9 Å². The molecule has 0 radical (unpaired) electrons. The SMILES string of the molecule is CCOC(=O)C(/C(C)=N/NC(=O)Nc1ccccc1)=P(CP(=C(C(=O)OCC)/C(C)=N/NC(=O)Nc1ccccc1)(c1ccccc1)c1ccccc1)(c1ccccc1)c1ccccc1. The highest BCUT2D eigenvalue weighted by atomic mass is 31.2. The maximum absolute atomic E-state index is 15.1. The van der Waals surface area contributed by atoms with E-state index in [4.69, 9.17) is 9.47 Å². The second-order valence-electron chi connectivity index (χ2n) is 14.5. The topological polar surface area (TPSA) is 160 Å². The van der Waals surface area contributed by atoms with Gasteiger partial charge >= 0.3 is 24.0 Å². The van der Waals surface area contributed by atoms with E-state index in [0.717, 1.165) is 21.2 Å². The average Bonchev–Trinajstić information content (AvgIpc) is 3.34. The molecule has 0 spiro atoms. The molecule has 332 valence electrons. The van der Waals surface area contributed by atoms with Crippen molar-refractivity contribution < 1.29 is 28.7 Å². The summed E-state index contributed by atoms with van der Waals surface area (Å²) in [5, 5.41) is 18.4. The molecule has 0 atom stereocenters. The van der Waals surface area contributed by atoms with E-state index in [9.17, 15) is 9.59 Å². The van der Waals surface area contributed by atoms with Gasteiger partial charge in [-0.2, -0.15) is 10.2 Å². The molecular formula is C51H52N6O6P2. The number of rotatable bonds is 16. The zero-order valence-corrected chi connectivity index (χ0v) is 38.5. The molecule has 6 aromatic rings. The average molecular weight is 907 g/mol. The summed E-state index contributed by atoms with van der Waals surface area (Å²) >= 11 is 0. The number of ether oxygens (including phenoxy) is 2. The number of esters is 2. The van der Waals surface area contributed by atoms with Crippen molar-refractivity contribution >= 4 is 92.4 Å². The Morgan fingerprint density at radius 2 is 0.692 bits per heavy atom. The van der Waals surface area contributed by atoms with Crippen LogP contribution >= 0.6 is 13.8 Å². The Balaban J connectivity index is 1.79. The summed E-state index contributed by atoms with van der Waals surface area (Å²) in [6.45, 7) is -0.0126. The molecule has 0 unspecified atom stereocenters. The lowest BCUT2D eigenvalue weighted by Crippen LogP contribution is -2.40. The van der Waals surface area contributed by atoms with E-state index in [2.05, 4.69) is 31.7 Å². The van der Waals surface area contributed by atoms with Gasteiger partial charge in [0.2, 0.25) is 0 Å². The van der Waals surface area contributed by atoms with Gasteiger partial charge in [0.15, 0.2) is 0 Å². The molecule has 65 heavy (non-hydrogen) atoms. The van der Waals surface area contributed by atoms with Crippen LogP contribution in [-0.4, -0.2) is 65.1 Å². The Bertz CT molecular complexity index is 2480. The molecule has 0 aliphatic rings. The van der Waals surface area contributed by atoms with E-state index >= 15 is 9.59 Å². The van der Waals surface area contributed by atoms with Gasteiger partial charge < -0.3 is 20.1 Å². The number of hydrogen-bond acceptors (Lipinski definition) is 8. The summed E-state index contributed by atoms with van der Waals surface area (Å²) in [4.78, 5) is 57.1. The van der Waals surface area contributed by atoms with Gasteiger partial charge in [0.1, 0.15) is 0 Å². The van der Waals surface area contributed by atoms with Gasteiger partial charge in [-0.3, -0.25) is 0 Å². The summed E-state index contributed by atoms with van der Waals surface area (Å²) in [5.74, 6) is -1.14. The first kappa shape index (κ1) is 47.2. The number of carbonyl (C=O) groups excluding carboxylic acids is 4. The minimum Gasteiger partial charge on any atom is -0.462 e. The first-order valence-electron chi connectivity index (χ1n) is 21.0. The third kappa shape index (κ3) is 11.3. The van der Waals surface area contributed by atoms with Gasteiger partial charge in [0, 0.05) is 17.3 Å². The highest BCUT2D eigenvalue weighted by Gasteiger charge is 2.43. The summed E-state index contributed by atoms with van der Waals surface area (Å²) in [6.07, 6.45) is 0. The van der Waals surface area contributed by atoms with Crippen LogP contribution in [0.15, 0.2) is 192 Å². The van der Waals surface area contributed by atoms with E-state index in [0.29, 0.717) is 11.4 Å². The molecule has 14 heteroatoms. The predicted molar refractivity (Wildman–Crippen MR) is 270 cm³/mol. The maximum atomic E-state index is 15.1. The first-order chi connectivity index (χ1) is 31.6. The van der Waals surface area contributed by atoms with E-state index < -0.39 is 37.8 Å². The number of benzene rings is 6. The molecule has 6 rings (SSSR count). The van der Waals surface area contributed by atoms with Crippen LogP contribution in [0.5, 0.6) is 0 Å². The van der Waals surface area contributed by atoms with Crippen molar-refractivity contribution in [2.24, 2.45) is 10.2 Å². The minimum atomic E-state index is -3.46. The van der Waals surface area contributed by atoms with Crippen LogP contribution in [0.25, 0.3) is 0 Å². The molecule has 0 aliphatic carbocycles. The quantitative estimate of drug-likeness (QED) is 0.0332. The van der Waals surface area contributed by atoms with Crippen molar-refractivity contribution in [3.8, 4) is 0 Å². The fraction of sp³-hybridized carbons (Fsp3) is 0.137. The van der Waals surface area contributed by atoms with E-state index in [1.807, 2.05) is 133 Å². The van der Waals surface area contributed by atoms with Crippen LogP contribution < -0.4 is 42.7 Å². The van der Waals surface area contributed by atoms with Gasteiger partial charge in [0.05, 0.1) is 35.2 Å². The van der Waals surface area contributed by atoms with Crippen LogP contribution in [0.4, 0.5) is 21.0 Å². The van der Waals surface area contributed by atoms with Gasteiger partial charge in [-0.15, -0.1) is 0 Å². The van der Waals surface area contributed by atoms with E-state index in [-0.39, 0.29) is 41.1 Å². The van der Waals surface area contributed by atoms with Crippen LogP contribution in [0.3, 0.4) is 0 Å². The van der Waals surface area contributed by atoms with E-state index in [1.54, 1.807) is 76.2 Å². The molecule has 0 saturated heterocycles. The second-order valence-corrected chi connectivity index (χ2v) is 21.8. The van der Waals surface area contributed by atoms with Crippen LogP contribution in [-0.2, 0) is 19.1 Å². The monoisotopic (exact) mass is 906 g/mol. The van der Waals surface area contributed by atoms with Crippen LogP contribution in [0.1, 0.15) is 27.7 Å². The Labute approximate surface area is 380 Å². The number of hydrogen-bond donors (Lipinski definition) is 4. The Morgan fingerprint density at radius 1 is 0.431 bits per heavy atom. The van der Waals surface area contributed by atoms with Crippen LogP contribution in [0.2, 0.25) is 0 Å². The number of amides is 4.